The fourth-order valence-electron chi connectivity index (χ4n) is 2.82. The molecule has 0 aromatic heterocycles. The predicted molar refractivity (Wildman–Crippen MR) is 85.4 cm³/mol. The summed E-state index contributed by atoms with van der Waals surface area (Å²) in [6.07, 6.45) is 1.25. The Morgan fingerprint density at radius 2 is 2.29 bits per heavy atom. The van der Waals surface area contributed by atoms with E-state index in [0.717, 1.165) is 30.8 Å². The quantitative estimate of drug-likeness (QED) is 0.873. The van der Waals surface area contributed by atoms with Crippen LogP contribution in [0.25, 0.3) is 0 Å². The molecule has 1 amide bonds. The summed E-state index contributed by atoms with van der Waals surface area (Å²) < 4.78 is 5.71. The van der Waals surface area contributed by atoms with Crippen molar-refractivity contribution in [1.29, 1.82) is 0 Å². The van der Waals surface area contributed by atoms with E-state index in [1.54, 1.807) is 6.07 Å². The fourth-order valence-corrected chi connectivity index (χ4v) is 3.02. The van der Waals surface area contributed by atoms with E-state index < -0.39 is 6.10 Å². The Hall–Kier alpha value is -0.970. The highest BCUT2D eigenvalue weighted by Crippen LogP contribution is 2.31. The molecule has 2 N–H and O–H groups in total. The number of rotatable bonds is 2. The molecule has 0 saturated carbocycles. The molecule has 0 aliphatic carbocycles. The topological polar surface area (TPSA) is 50.4 Å². The van der Waals surface area contributed by atoms with Crippen LogP contribution in [0.4, 0.5) is 0 Å². The second-order valence-electron chi connectivity index (χ2n) is 5.65. The molecule has 3 unspecified atom stereocenters. The number of hydrogen-bond acceptors (Lipinski definition) is 3. The summed E-state index contributed by atoms with van der Waals surface area (Å²) in [4.78, 5) is 12.3. The first-order valence-electron chi connectivity index (χ1n) is 7.09. The minimum Gasteiger partial charge on any atom is -0.480 e. The number of carbonyl (C=O) groups excluding carboxylic acids is 1. The summed E-state index contributed by atoms with van der Waals surface area (Å²) >= 11 is 5.96. The summed E-state index contributed by atoms with van der Waals surface area (Å²) in [5.41, 5.74) is 1.01. The molecule has 1 aromatic carbocycles. The van der Waals surface area contributed by atoms with Crippen molar-refractivity contribution < 1.29 is 9.53 Å². The van der Waals surface area contributed by atoms with Crippen LogP contribution in [0.3, 0.4) is 0 Å². The number of piperidine rings is 1. The number of carbonyl (C=O) groups is 1. The van der Waals surface area contributed by atoms with Crippen molar-refractivity contribution in [2.45, 2.75) is 31.9 Å². The molecule has 2 aliphatic rings. The summed E-state index contributed by atoms with van der Waals surface area (Å²) in [5.74, 6) is 1.24. The van der Waals surface area contributed by atoms with Gasteiger partial charge in [0, 0.05) is 24.0 Å². The van der Waals surface area contributed by atoms with Crippen LogP contribution < -0.4 is 15.4 Å². The Morgan fingerprint density at radius 1 is 1.48 bits per heavy atom. The van der Waals surface area contributed by atoms with Crippen molar-refractivity contribution in [1.82, 2.24) is 10.6 Å². The molecule has 2 aliphatic heterocycles. The second kappa shape index (κ2) is 6.86. The molecule has 4 nitrogen and oxygen atoms in total. The Balaban J connectivity index is 0.00000161. The van der Waals surface area contributed by atoms with Crippen LogP contribution in [0.15, 0.2) is 18.2 Å². The molecule has 3 rings (SSSR count). The Morgan fingerprint density at radius 3 is 3.05 bits per heavy atom. The van der Waals surface area contributed by atoms with Crippen molar-refractivity contribution in [3.05, 3.63) is 28.8 Å². The van der Waals surface area contributed by atoms with E-state index in [9.17, 15) is 4.79 Å². The van der Waals surface area contributed by atoms with E-state index in [1.165, 1.54) is 0 Å². The Kier molecular flexibility index (Phi) is 5.36. The van der Waals surface area contributed by atoms with Crippen molar-refractivity contribution >= 4 is 29.9 Å². The van der Waals surface area contributed by atoms with Gasteiger partial charge in [-0.05, 0) is 42.6 Å². The number of nitrogens with one attached hydrogen (secondary N) is 2. The average Bonchev–Trinajstić information content (AvgIpc) is 2.84. The molecule has 0 spiro atoms. The molecule has 1 fully saturated rings. The van der Waals surface area contributed by atoms with Crippen LogP contribution in [0, 0.1) is 5.92 Å². The molecule has 2 heterocycles. The lowest BCUT2D eigenvalue weighted by molar-refractivity contribution is -0.128. The molecular formula is C15H20Cl2N2O2. The summed E-state index contributed by atoms with van der Waals surface area (Å²) in [6.45, 7) is 4.03. The molecule has 21 heavy (non-hydrogen) atoms. The third kappa shape index (κ3) is 3.62. The Bertz CT molecular complexity index is 524. The van der Waals surface area contributed by atoms with Gasteiger partial charge in [0.05, 0.1) is 0 Å². The van der Waals surface area contributed by atoms with Gasteiger partial charge in [0.2, 0.25) is 0 Å². The minimum atomic E-state index is -0.433. The molecule has 0 bridgehead atoms. The van der Waals surface area contributed by atoms with Crippen LogP contribution in [-0.4, -0.2) is 31.1 Å². The van der Waals surface area contributed by atoms with Gasteiger partial charge >= 0.3 is 0 Å². The fraction of sp³-hybridized carbons (Fsp3) is 0.533. The minimum absolute atomic E-state index is 0. The standard InChI is InChI=1S/C15H19ClN2O2.ClH/c1-9-4-5-17-8-12(9)18-15(19)14-7-10-6-11(16)2-3-13(10)20-14;/h2-3,6,9,12,14,17H,4-5,7-8H2,1H3,(H,18,19);1H. The smallest absolute Gasteiger partial charge is 0.261 e. The molecule has 0 radical (unpaired) electrons. The summed E-state index contributed by atoms with van der Waals surface area (Å²) in [5, 5.41) is 7.09. The lowest BCUT2D eigenvalue weighted by Crippen LogP contribution is -2.53. The van der Waals surface area contributed by atoms with E-state index in [1.807, 2.05) is 12.1 Å². The normalized spacial score (nSPS) is 27.2. The van der Waals surface area contributed by atoms with Crippen molar-refractivity contribution in [3.63, 3.8) is 0 Å². The van der Waals surface area contributed by atoms with E-state index >= 15 is 0 Å². The zero-order valence-electron chi connectivity index (χ0n) is 11.9. The molecule has 6 heteroatoms. The van der Waals surface area contributed by atoms with E-state index in [0.29, 0.717) is 17.4 Å². The van der Waals surface area contributed by atoms with Crippen molar-refractivity contribution in [2.24, 2.45) is 5.92 Å². The Labute approximate surface area is 136 Å². The van der Waals surface area contributed by atoms with Crippen molar-refractivity contribution in [3.8, 4) is 5.75 Å². The van der Waals surface area contributed by atoms with Gasteiger partial charge in [-0.3, -0.25) is 4.79 Å². The highest BCUT2D eigenvalue weighted by molar-refractivity contribution is 6.30. The molecule has 1 aromatic rings. The number of hydrogen-bond donors (Lipinski definition) is 2. The van der Waals surface area contributed by atoms with Crippen LogP contribution in [-0.2, 0) is 11.2 Å². The molecule has 116 valence electrons. The number of halogens is 2. The number of fused-ring (bicyclic) bond motifs is 1. The third-order valence-corrected chi connectivity index (χ3v) is 4.38. The molecular weight excluding hydrogens is 311 g/mol. The SMILES string of the molecule is CC1CCNCC1NC(=O)C1Cc2cc(Cl)ccc2O1.Cl. The van der Waals surface area contributed by atoms with E-state index in [4.69, 9.17) is 16.3 Å². The van der Waals surface area contributed by atoms with Crippen LogP contribution in [0.2, 0.25) is 5.02 Å². The predicted octanol–water partition coefficient (Wildman–Crippen LogP) is 2.18. The van der Waals surface area contributed by atoms with E-state index in [-0.39, 0.29) is 24.4 Å². The first-order valence-corrected chi connectivity index (χ1v) is 7.47. The van der Waals surface area contributed by atoms with Gasteiger partial charge in [-0.15, -0.1) is 12.4 Å². The lowest BCUT2D eigenvalue weighted by Gasteiger charge is -2.30. The van der Waals surface area contributed by atoms with Gasteiger partial charge in [0.25, 0.3) is 5.91 Å². The zero-order valence-corrected chi connectivity index (χ0v) is 13.5. The summed E-state index contributed by atoms with van der Waals surface area (Å²) in [6, 6.07) is 5.67. The van der Waals surface area contributed by atoms with Crippen LogP contribution in [0.1, 0.15) is 18.9 Å². The lowest BCUT2D eigenvalue weighted by atomic mass is 9.94. The van der Waals surface area contributed by atoms with Crippen LogP contribution >= 0.6 is 24.0 Å². The average molecular weight is 331 g/mol. The summed E-state index contributed by atoms with van der Waals surface area (Å²) in [7, 11) is 0. The number of benzene rings is 1. The van der Waals surface area contributed by atoms with Crippen LogP contribution in [0.5, 0.6) is 5.75 Å². The van der Waals surface area contributed by atoms with Gasteiger partial charge in [-0.1, -0.05) is 18.5 Å². The third-order valence-electron chi connectivity index (χ3n) is 4.14. The van der Waals surface area contributed by atoms with Gasteiger partial charge in [0.1, 0.15) is 5.75 Å². The maximum Gasteiger partial charge on any atom is 0.261 e. The molecule has 3 atom stereocenters. The van der Waals surface area contributed by atoms with Crippen molar-refractivity contribution in [2.75, 3.05) is 13.1 Å². The van der Waals surface area contributed by atoms with Gasteiger partial charge < -0.3 is 15.4 Å². The van der Waals surface area contributed by atoms with Gasteiger partial charge in [-0.2, -0.15) is 0 Å². The van der Waals surface area contributed by atoms with E-state index in [2.05, 4.69) is 17.6 Å². The highest BCUT2D eigenvalue weighted by Gasteiger charge is 2.32. The number of amides is 1. The van der Waals surface area contributed by atoms with Gasteiger partial charge in [0.15, 0.2) is 6.10 Å². The first-order chi connectivity index (χ1) is 9.63. The number of ether oxygens (including phenoxy) is 1. The van der Waals surface area contributed by atoms with Gasteiger partial charge in [-0.25, -0.2) is 0 Å². The largest absolute Gasteiger partial charge is 0.480 e. The first kappa shape index (κ1) is 16.4. The maximum absolute atomic E-state index is 12.3. The second-order valence-corrected chi connectivity index (χ2v) is 6.08. The highest BCUT2D eigenvalue weighted by atomic mass is 35.5. The maximum atomic E-state index is 12.3. The molecule has 1 saturated heterocycles. The zero-order chi connectivity index (χ0) is 14.1. The monoisotopic (exact) mass is 330 g/mol.